The SMILES string of the molecule is Cc1cccc(C)c1NCc1cnn(C(C)C)c1. The molecule has 0 aliphatic heterocycles. The molecule has 2 rings (SSSR count). The molecule has 18 heavy (non-hydrogen) atoms. The Hall–Kier alpha value is -1.77. The summed E-state index contributed by atoms with van der Waals surface area (Å²) in [6.45, 7) is 9.35. The molecule has 0 aliphatic rings. The van der Waals surface area contributed by atoms with E-state index < -0.39 is 0 Å². The van der Waals surface area contributed by atoms with Crippen LogP contribution in [0, 0.1) is 13.8 Å². The third kappa shape index (κ3) is 2.73. The molecule has 2 aromatic rings. The summed E-state index contributed by atoms with van der Waals surface area (Å²) in [7, 11) is 0. The van der Waals surface area contributed by atoms with Gasteiger partial charge in [0.15, 0.2) is 0 Å². The zero-order chi connectivity index (χ0) is 13.1. The Balaban J connectivity index is 2.07. The van der Waals surface area contributed by atoms with E-state index in [-0.39, 0.29) is 0 Å². The van der Waals surface area contributed by atoms with Crippen molar-refractivity contribution in [2.75, 3.05) is 5.32 Å². The molecule has 0 fully saturated rings. The Bertz CT molecular complexity index is 506. The molecule has 3 nitrogen and oxygen atoms in total. The molecular weight excluding hydrogens is 222 g/mol. The van der Waals surface area contributed by atoms with Gasteiger partial charge in [0, 0.05) is 30.0 Å². The molecule has 0 saturated heterocycles. The molecule has 1 aromatic carbocycles. The van der Waals surface area contributed by atoms with Crippen LogP contribution in [0.4, 0.5) is 5.69 Å². The molecular formula is C15H21N3. The number of para-hydroxylation sites is 1. The molecule has 0 atom stereocenters. The third-order valence-corrected chi connectivity index (χ3v) is 3.13. The molecule has 0 amide bonds. The molecule has 96 valence electrons. The van der Waals surface area contributed by atoms with Gasteiger partial charge in [-0.2, -0.15) is 5.10 Å². The van der Waals surface area contributed by atoms with Crippen LogP contribution in [0.25, 0.3) is 0 Å². The highest BCUT2D eigenvalue weighted by Gasteiger charge is 2.04. The molecule has 1 heterocycles. The van der Waals surface area contributed by atoms with Crippen molar-refractivity contribution in [3.63, 3.8) is 0 Å². The van der Waals surface area contributed by atoms with E-state index in [2.05, 4.69) is 62.5 Å². The topological polar surface area (TPSA) is 29.9 Å². The Morgan fingerprint density at radius 2 is 1.89 bits per heavy atom. The van der Waals surface area contributed by atoms with E-state index in [9.17, 15) is 0 Å². The van der Waals surface area contributed by atoms with Gasteiger partial charge in [-0.1, -0.05) is 18.2 Å². The highest BCUT2D eigenvalue weighted by Crippen LogP contribution is 2.20. The fourth-order valence-electron chi connectivity index (χ4n) is 2.03. The number of aryl methyl sites for hydroxylation is 2. The lowest BCUT2D eigenvalue weighted by Gasteiger charge is -2.11. The van der Waals surface area contributed by atoms with Gasteiger partial charge < -0.3 is 5.32 Å². The Morgan fingerprint density at radius 3 is 2.44 bits per heavy atom. The number of nitrogens with zero attached hydrogens (tertiary/aromatic N) is 2. The molecule has 3 heteroatoms. The molecule has 0 aliphatic carbocycles. The average molecular weight is 243 g/mol. The van der Waals surface area contributed by atoms with Gasteiger partial charge in [0.2, 0.25) is 0 Å². The maximum Gasteiger partial charge on any atom is 0.0539 e. The molecule has 1 aromatic heterocycles. The van der Waals surface area contributed by atoms with Crippen LogP contribution in [0.1, 0.15) is 36.6 Å². The minimum atomic E-state index is 0.416. The monoisotopic (exact) mass is 243 g/mol. The predicted octanol–water partition coefficient (Wildman–Crippen LogP) is 3.69. The first-order chi connectivity index (χ1) is 8.58. The van der Waals surface area contributed by atoms with Crippen LogP contribution in [-0.4, -0.2) is 9.78 Å². The average Bonchev–Trinajstić information content (AvgIpc) is 2.77. The minimum absolute atomic E-state index is 0.416. The van der Waals surface area contributed by atoms with E-state index in [4.69, 9.17) is 0 Å². The first-order valence-corrected chi connectivity index (χ1v) is 6.41. The third-order valence-electron chi connectivity index (χ3n) is 3.13. The second-order valence-electron chi connectivity index (χ2n) is 5.04. The Labute approximate surface area is 109 Å². The summed E-state index contributed by atoms with van der Waals surface area (Å²) < 4.78 is 1.99. The van der Waals surface area contributed by atoms with Crippen LogP contribution >= 0.6 is 0 Å². The van der Waals surface area contributed by atoms with Gasteiger partial charge in [0.1, 0.15) is 0 Å². The van der Waals surface area contributed by atoms with Crippen LogP contribution in [0.5, 0.6) is 0 Å². The van der Waals surface area contributed by atoms with E-state index in [1.165, 1.54) is 22.4 Å². The van der Waals surface area contributed by atoms with Crippen LogP contribution in [0.2, 0.25) is 0 Å². The van der Waals surface area contributed by atoms with Crippen molar-refractivity contribution in [1.29, 1.82) is 0 Å². The van der Waals surface area contributed by atoms with Crippen molar-refractivity contribution in [3.05, 3.63) is 47.3 Å². The largest absolute Gasteiger partial charge is 0.380 e. The van der Waals surface area contributed by atoms with Crippen molar-refractivity contribution in [2.24, 2.45) is 0 Å². The van der Waals surface area contributed by atoms with E-state index in [0.29, 0.717) is 6.04 Å². The smallest absolute Gasteiger partial charge is 0.0539 e. The lowest BCUT2D eigenvalue weighted by Crippen LogP contribution is -2.03. The van der Waals surface area contributed by atoms with Gasteiger partial charge in [-0.25, -0.2) is 0 Å². The number of benzene rings is 1. The first kappa shape index (κ1) is 12.7. The lowest BCUT2D eigenvalue weighted by atomic mass is 10.1. The highest BCUT2D eigenvalue weighted by molar-refractivity contribution is 5.56. The predicted molar refractivity (Wildman–Crippen MR) is 75.9 cm³/mol. The molecule has 0 spiro atoms. The second kappa shape index (κ2) is 5.25. The van der Waals surface area contributed by atoms with Crippen LogP contribution in [0.3, 0.4) is 0 Å². The van der Waals surface area contributed by atoms with Gasteiger partial charge in [-0.05, 0) is 38.8 Å². The van der Waals surface area contributed by atoms with E-state index in [1.54, 1.807) is 0 Å². The Kier molecular flexibility index (Phi) is 3.70. The first-order valence-electron chi connectivity index (χ1n) is 6.41. The summed E-state index contributed by atoms with van der Waals surface area (Å²) in [4.78, 5) is 0. The fraction of sp³-hybridized carbons (Fsp3) is 0.400. The summed E-state index contributed by atoms with van der Waals surface area (Å²) in [6.07, 6.45) is 4.03. The quantitative estimate of drug-likeness (QED) is 0.887. The number of hydrogen-bond donors (Lipinski definition) is 1. The molecule has 0 bridgehead atoms. The van der Waals surface area contributed by atoms with E-state index in [0.717, 1.165) is 6.54 Å². The van der Waals surface area contributed by atoms with Crippen LogP contribution < -0.4 is 5.32 Å². The van der Waals surface area contributed by atoms with Gasteiger partial charge in [0.25, 0.3) is 0 Å². The van der Waals surface area contributed by atoms with Crippen molar-refractivity contribution in [2.45, 2.75) is 40.3 Å². The molecule has 0 saturated carbocycles. The number of rotatable bonds is 4. The zero-order valence-electron chi connectivity index (χ0n) is 11.6. The van der Waals surface area contributed by atoms with Crippen molar-refractivity contribution in [3.8, 4) is 0 Å². The number of anilines is 1. The normalized spacial score (nSPS) is 10.9. The number of aromatic nitrogens is 2. The lowest BCUT2D eigenvalue weighted by molar-refractivity contribution is 0.532. The van der Waals surface area contributed by atoms with Gasteiger partial charge in [-0.15, -0.1) is 0 Å². The summed E-state index contributed by atoms with van der Waals surface area (Å²) >= 11 is 0. The Morgan fingerprint density at radius 1 is 1.22 bits per heavy atom. The number of nitrogens with one attached hydrogen (secondary N) is 1. The van der Waals surface area contributed by atoms with Crippen molar-refractivity contribution >= 4 is 5.69 Å². The maximum atomic E-state index is 4.35. The fourth-order valence-corrected chi connectivity index (χ4v) is 2.03. The molecule has 0 radical (unpaired) electrons. The summed E-state index contributed by atoms with van der Waals surface area (Å²) in [6, 6.07) is 6.77. The van der Waals surface area contributed by atoms with E-state index >= 15 is 0 Å². The van der Waals surface area contributed by atoms with Crippen molar-refractivity contribution in [1.82, 2.24) is 9.78 Å². The minimum Gasteiger partial charge on any atom is -0.380 e. The van der Waals surface area contributed by atoms with E-state index in [1.807, 2.05) is 10.9 Å². The van der Waals surface area contributed by atoms with Crippen LogP contribution in [-0.2, 0) is 6.54 Å². The highest BCUT2D eigenvalue weighted by atomic mass is 15.3. The second-order valence-corrected chi connectivity index (χ2v) is 5.04. The maximum absolute atomic E-state index is 4.35. The van der Waals surface area contributed by atoms with Crippen LogP contribution in [0.15, 0.2) is 30.6 Å². The summed E-state index contributed by atoms with van der Waals surface area (Å²) in [5, 5.41) is 7.85. The van der Waals surface area contributed by atoms with Gasteiger partial charge >= 0.3 is 0 Å². The van der Waals surface area contributed by atoms with Gasteiger partial charge in [-0.3, -0.25) is 4.68 Å². The number of hydrogen-bond acceptors (Lipinski definition) is 2. The zero-order valence-corrected chi connectivity index (χ0v) is 11.6. The van der Waals surface area contributed by atoms with Crippen molar-refractivity contribution < 1.29 is 0 Å². The van der Waals surface area contributed by atoms with Gasteiger partial charge in [0.05, 0.1) is 6.20 Å². The standard InChI is InChI=1S/C15H21N3/c1-11(2)18-10-14(9-17-18)8-16-15-12(3)6-5-7-13(15)4/h5-7,9-11,16H,8H2,1-4H3. The summed E-state index contributed by atoms with van der Waals surface area (Å²) in [5.41, 5.74) is 5.01. The molecule has 0 unspecified atom stereocenters. The summed E-state index contributed by atoms with van der Waals surface area (Å²) in [5.74, 6) is 0. The molecule has 1 N–H and O–H groups in total.